The predicted molar refractivity (Wildman–Crippen MR) is 60.3 cm³/mol. The molecule has 0 amide bonds. The molecule has 1 N–H and O–H groups in total. The quantitative estimate of drug-likeness (QED) is 0.891. The first kappa shape index (κ1) is 12.5. The number of hydrogen-bond donors (Lipinski definition) is 1. The minimum Gasteiger partial charge on any atom is -0.417 e. The summed E-state index contributed by atoms with van der Waals surface area (Å²) in [6, 6.07) is 3.01. The standard InChI is InChI=1S/C12H12F2N2O2/c1-2-15-6-9-7-17-12(16-9)18-11-4-3-8(13)5-10(11)14/h3-5,7,15H,2,6H2,1H3. The normalized spacial score (nSPS) is 10.6. The van der Waals surface area contributed by atoms with Crippen LogP contribution in [0.15, 0.2) is 28.9 Å². The number of halogens is 2. The molecular formula is C12H12F2N2O2. The van der Waals surface area contributed by atoms with Crippen LogP contribution in [0.3, 0.4) is 0 Å². The van der Waals surface area contributed by atoms with Gasteiger partial charge in [0.2, 0.25) is 0 Å². The van der Waals surface area contributed by atoms with Crippen LogP contribution in [0, 0.1) is 11.6 Å². The molecule has 2 rings (SSSR count). The van der Waals surface area contributed by atoms with Crippen molar-refractivity contribution in [2.24, 2.45) is 0 Å². The molecule has 1 aromatic heterocycles. The first-order chi connectivity index (χ1) is 8.69. The number of rotatable bonds is 5. The van der Waals surface area contributed by atoms with Gasteiger partial charge in [0.05, 0.1) is 5.69 Å². The zero-order chi connectivity index (χ0) is 13.0. The van der Waals surface area contributed by atoms with Crippen molar-refractivity contribution in [1.82, 2.24) is 10.3 Å². The second-order valence-corrected chi connectivity index (χ2v) is 3.56. The highest BCUT2D eigenvalue weighted by Crippen LogP contribution is 2.24. The van der Waals surface area contributed by atoms with Gasteiger partial charge in [0.15, 0.2) is 11.6 Å². The van der Waals surface area contributed by atoms with Crippen LogP contribution in [0.25, 0.3) is 0 Å². The third-order valence-corrected chi connectivity index (χ3v) is 2.18. The van der Waals surface area contributed by atoms with Gasteiger partial charge in [-0.25, -0.2) is 8.78 Å². The molecule has 0 saturated carbocycles. The Morgan fingerprint density at radius 1 is 1.39 bits per heavy atom. The van der Waals surface area contributed by atoms with E-state index >= 15 is 0 Å². The molecule has 0 aliphatic rings. The molecule has 96 valence electrons. The number of oxazole rings is 1. The van der Waals surface area contributed by atoms with Crippen molar-refractivity contribution in [2.45, 2.75) is 13.5 Å². The SMILES string of the molecule is CCNCc1coc(Oc2ccc(F)cc2F)n1. The van der Waals surface area contributed by atoms with Gasteiger partial charge in [-0.3, -0.25) is 0 Å². The topological polar surface area (TPSA) is 47.3 Å². The van der Waals surface area contributed by atoms with Crippen LogP contribution in [0.4, 0.5) is 8.78 Å². The van der Waals surface area contributed by atoms with Crippen molar-refractivity contribution in [3.63, 3.8) is 0 Å². The van der Waals surface area contributed by atoms with Crippen LogP contribution >= 0.6 is 0 Å². The van der Waals surface area contributed by atoms with Gasteiger partial charge in [-0.05, 0) is 18.7 Å². The third kappa shape index (κ3) is 3.04. The Kier molecular flexibility index (Phi) is 3.88. The van der Waals surface area contributed by atoms with Crippen LogP contribution in [0.1, 0.15) is 12.6 Å². The molecule has 0 radical (unpaired) electrons. The summed E-state index contributed by atoms with van der Waals surface area (Å²) < 4.78 is 36.1. The van der Waals surface area contributed by atoms with Crippen molar-refractivity contribution in [1.29, 1.82) is 0 Å². The summed E-state index contributed by atoms with van der Waals surface area (Å²) in [7, 11) is 0. The van der Waals surface area contributed by atoms with Gasteiger partial charge in [-0.2, -0.15) is 4.98 Å². The molecule has 6 heteroatoms. The Morgan fingerprint density at radius 3 is 2.94 bits per heavy atom. The highest BCUT2D eigenvalue weighted by molar-refractivity contribution is 5.26. The summed E-state index contributed by atoms with van der Waals surface area (Å²) in [6.07, 6.45) is 1.34. The van der Waals surface area contributed by atoms with Crippen LogP contribution in [0.2, 0.25) is 0 Å². The zero-order valence-corrected chi connectivity index (χ0v) is 9.74. The van der Waals surface area contributed by atoms with E-state index < -0.39 is 11.6 Å². The molecule has 18 heavy (non-hydrogen) atoms. The van der Waals surface area contributed by atoms with Gasteiger partial charge >= 0.3 is 6.08 Å². The van der Waals surface area contributed by atoms with Crippen molar-refractivity contribution < 1.29 is 17.9 Å². The first-order valence-electron chi connectivity index (χ1n) is 5.47. The lowest BCUT2D eigenvalue weighted by Crippen LogP contribution is -2.11. The molecule has 0 spiro atoms. The van der Waals surface area contributed by atoms with E-state index in [1.165, 1.54) is 12.3 Å². The molecule has 0 atom stereocenters. The molecule has 0 fully saturated rings. The number of nitrogens with one attached hydrogen (secondary N) is 1. The fourth-order valence-electron chi connectivity index (χ4n) is 1.32. The second-order valence-electron chi connectivity index (χ2n) is 3.56. The largest absolute Gasteiger partial charge is 0.417 e. The van der Waals surface area contributed by atoms with Gasteiger partial charge in [0.25, 0.3) is 0 Å². The number of hydrogen-bond acceptors (Lipinski definition) is 4. The number of aromatic nitrogens is 1. The van der Waals surface area contributed by atoms with Gasteiger partial charge in [0, 0.05) is 12.6 Å². The fourth-order valence-corrected chi connectivity index (χ4v) is 1.32. The highest BCUT2D eigenvalue weighted by atomic mass is 19.1. The molecule has 0 bridgehead atoms. The predicted octanol–water partition coefficient (Wildman–Crippen LogP) is 2.85. The van der Waals surface area contributed by atoms with Crippen LogP contribution in [0.5, 0.6) is 11.8 Å². The number of ether oxygens (including phenoxy) is 1. The second kappa shape index (κ2) is 5.59. The van der Waals surface area contributed by atoms with Crippen molar-refractivity contribution in [3.8, 4) is 11.8 Å². The van der Waals surface area contributed by atoms with Gasteiger partial charge in [0.1, 0.15) is 12.1 Å². The van der Waals surface area contributed by atoms with Gasteiger partial charge in [-0.1, -0.05) is 6.92 Å². The third-order valence-electron chi connectivity index (χ3n) is 2.18. The van der Waals surface area contributed by atoms with Crippen molar-refractivity contribution >= 4 is 0 Å². The maximum atomic E-state index is 13.3. The van der Waals surface area contributed by atoms with Crippen molar-refractivity contribution in [3.05, 3.63) is 41.8 Å². The van der Waals surface area contributed by atoms with Crippen molar-refractivity contribution in [2.75, 3.05) is 6.54 Å². The summed E-state index contributed by atoms with van der Waals surface area (Å²) in [5.74, 6) is -1.60. The average Bonchev–Trinajstić information content (AvgIpc) is 2.78. The molecule has 0 saturated heterocycles. The molecule has 0 aliphatic heterocycles. The molecule has 4 nitrogen and oxygen atoms in total. The fraction of sp³-hybridized carbons (Fsp3) is 0.250. The number of nitrogens with zero attached hydrogens (tertiary/aromatic N) is 1. The smallest absolute Gasteiger partial charge is 0.399 e. The lowest BCUT2D eigenvalue weighted by molar-refractivity contribution is 0.317. The van der Waals surface area contributed by atoms with E-state index in [1.54, 1.807) is 0 Å². The summed E-state index contributed by atoms with van der Waals surface area (Å²) in [5, 5.41) is 3.06. The molecular weight excluding hydrogens is 242 g/mol. The first-order valence-corrected chi connectivity index (χ1v) is 5.47. The van der Waals surface area contributed by atoms with E-state index in [1.807, 2.05) is 6.92 Å². The molecule has 0 unspecified atom stereocenters. The Hall–Kier alpha value is -1.95. The van der Waals surface area contributed by atoms with E-state index in [9.17, 15) is 8.78 Å². The average molecular weight is 254 g/mol. The lowest BCUT2D eigenvalue weighted by atomic mass is 10.3. The minimum absolute atomic E-state index is 0.0755. The maximum Gasteiger partial charge on any atom is 0.399 e. The minimum atomic E-state index is -0.804. The molecule has 0 aliphatic carbocycles. The van der Waals surface area contributed by atoms with E-state index in [0.717, 1.165) is 18.7 Å². The summed E-state index contributed by atoms with van der Waals surface area (Å²) in [6.45, 7) is 3.30. The van der Waals surface area contributed by atoms with Gasteiger partial charge in [-0.15, -0.1) is 0 Å². The molecule has 2 aromatic rings. The van der Waals surface area contributed by atoms with E-state index in [4.69, 9.17) is 9.15 Å². The lowest BCUT2D eigenvalue weighted by Gasteiger charge is -2.01. The maximum absolute atomic E-state index is 13.3. The Morgan fingerprint density at radius 2 is 2.22 bits per heavy atom. The Bertz CT molecular complexity index is 529. The van der Waals surface area contributed by atoms with Crippen LogP contribution in [-0.4, -0.2) is 11.5 Å². The van der Waals surface area contributed by atoms with Crippen LogP contribution < -0.4 is 10.1 Å². The van der Waals surface area contributed by atoms with E-state index in [2.05, 4.69) is 10.3 Å². The summed E-state index contributed by atoms with van der Waals surface area (Å²) in [4.78, 5) is 3.99. The summed E-state index contributed by atoms with van der Waals surface area (Å²) in [5.41, 5.74) is 0.648. The van der Waals surface area contributed by atoms with E-state index in [0.29, 0.717) is 12.2 Å². The molecule has 1 aromatic carbocycles. The highest BCUT2D eigenvalue weighted by Gasteiger charge is 2.10. The zero-order valence-electron chi connectivity index (χ0n) is 9.74. The number of benzene rings is 1. The monoisotopic (exact) mass is 254 g/mol. The van der Waals surface area contributed by atoms with Crippen LogP contribution in [-0.2, 0) is 6.54 Å². The molecule has 1 heterocycles. The summed E-state index contributed by atoms with van der Waals surface area (Å²) >= 11 is 0. The Labute approximate surface area is 103 Å². The Balaban J connectivity index is 2.06. The van der Waals surface area contributed by atoms with E-state index in [-0.39, 0.29) is 11.8 Å². The van der Waals surface area contributed by atoms with Gasteiger partial charge < -0.3 is 14.5 Å².